The van der Waals surface area contributed by atoms with Gasteiger partial charge in [-0.15, -0.1) is 0 Å². The van der Waals surface area contributed by atoms with Crippen molar-refractivity contribution in [3.05, 3.63) is 7.17 Å². The zero-order chi connectivity index (χ0) is 18.3. The molecule has 0 saturated carbocycles. The van der Waals surface area contributed by atoms with Crippen LogP contribution in [0.5, 0.6) is 0 Å². The van der Waals surface area contributed by atoms with E-state index in [0.717, 1.165) is 0 Å². The van der Waals surface area contributed by atoms with Crippen LogP contribution in [-0.2, 0) is 0 Å². The maximum absolute atomic E-state index is 2.74. The molecule has 0 bridgehead atoms. The average molecular weight is 555 g/mol. The second-order valence-electron chi connectivity index (χ2n) is 7.64. The Bertz CT molecular complexity index is 300. The summed E-state index contributed by atoms with van der Waals surface area (Å²) in [7, 11) is 0. The first-order valence-electron chi connectivity index (χ1n) is 11.0. The fraction of sp³-hybridized carbons (Fsp3) is 0.909. The predicted molar refractivity (Wildman–Crippen MR) is 125 cm³/mol. The summed E-state index contributed by atoms with van der Waals surface area (Å²) in [4.78, 5) is 0. The molecule has 24 heavy (non-hydrogen) atoms. The molecule has 0 heterocycles. The second-order valence-corrected chi connectivity index (χ2v) is 22.3. The monoisotopic (exact) mass is 556 g/mol. The normalized spacial score (nSPS) is 13.2. The zero-order valence-electron chi connectivity index (χ0n) is 17.5. The number of rotatable bonds is 16. The van der Waals surface area contributed by atoms with E-state index in [1.807, 2.05) is 0 Å². The first kappa shape index (κ1) is 25.3. The maximum atomic E-state index is 2.74. The molecular weight excluding hydrogens is 510 g/mol. The summed E-state index contributed by atoms with van der Waals surface area (Å²) in [6, 6.07) is 0. The van der Waals surface area contributed by atoms with Gasteiger partial charge in [0, 0.05) is 0 Å². The van der Waals surface area contributed by atoms with Gasteiger partial charge < -0.3 is 0 Å². The van der Waals surface area contributed by atoms with Crippen molar-refractivity contribution in [2.75, 3.05) is 0 Å². The van der Waals surface area contributed by atoms with Crippen LogP contribution in [0.4, 0.5) is 0 Å². The molecule has 0 aromatic carbocycles. The molecule has 0 aliphatic rings. The molecule has 0 amide bonds. The topological polar surface area (TPSA) is 0 Å². The molecule has 0 spiro atoms. The molecule has 0 rings (SSSR count). The van der Waals surface area contributed by atoms with Crippen molar-refractivity contribution in [3.8, 4) is 0 Å². The third-order valence-electron chi connectivity index (χ3n) is 5.59. The van der Waals surface area contributed by atoms with Gasteiger partial charge in [-0.3, -0.25) is 0 Å². The van der Waals surface area contributed by atoms with Crippen LogP contribution >= 0.6 is 22.6 Å². The summed E-state index contributed by atoms with van der Waals surface area (Å²) >= 11 is 0.573. The summed E-state index contributed by atoms with van der Waals surface area (Å²) in [5.41, 5.74) is 0. The zero-order valence-corrected chi connectivity index (χ0v) is 22.5. The van der Waals surface area contributed by atoms with Gasteiger partial charge in [0.2, 0.25) is 0 Å². The van der Waals surface area contributed by atoms with E-state index in [-0.39, 0.29) is 0 Å². The van der Waals surface area contributed by atoms with Crippen molar-refractivity contribution in [3.63, 3.8) is 0 Å². The minimum absolute atomic E-state index is 1.28. The van der Waals surface area contributed by atoms with Gasteiger partial charge in [0.25, 0.3) is 0 Å². The number of unbranched alkanes of at least 4 members (excludes halogenated alkanes) is 6. The van der Waals surface area contributed by atoms with Crippen molar-refractivity contribution in [1.82, 2.24) is 0 Å². The number of hydrogen-bond donors (Lipinski definition) is 0. The van der Waals surface area contributed by atoms with Gasteiger partial charge in [-0.05, 0) is 0 Å². The molecule has 0 atom stereocenters. The van der Waals surface area contributed by atoms with E-state index in [1.54, 1.807) is 16.9 Å². The van der Waals surface area contributed by atoms with Gasteiger partial charge in [-0.25, -0.2) is 0 Å². The minimum atomic E-state index is -2.17. The fourth-order valence-electron chi connectivity index (χ4n) is 4.00. The van der Waals surface area contributed by atoms with Crippen LogP contribution in [0.15, 0.2) is 7.17 Å². The average Bonchev–Trinajstić information content (AvgIpc) is 2.61. The molecule has 0 aromatic heterocycles. The number of hydrogen-bond acceptors (Lipinski definition) is 0. The van der Waals surface area contributed by atoms with E-state index < -0.39 is 18.4 Å². The van der Waals surface area contributed by atoms with E-state index in [4.69, 9.17) is 0 Å². The SMILES string of the molecule is CCCCCC/[C](=C(/I)CC)[Sn]([CH2]CCC)([CH2]CCC)[CH2]CCC. The van der Waals surface area contributed by atoms with Gasteiger partial charge in [-0.1, -0.05) is 0 Å². The molecule has 0 fully saturated rings. The van der Waals surface area contributed by atoms with E-state index in [0.29, 0.717) is 0 Å². The third-order valence-corrected chi connectivity index (χ3v) is 24.9. The van der Waals surface area contributed by atoms with E-state index in [2.05, 4.69) is 60.8 Å². The van der Waals surface area contributed by atoms with Gasteiger partial charge in [-0.2, -0.15) is 0 Å². The molecule has 2 heteroatoms. The van der Waals surface area contributed by atoms with E-state index in [1.165, 1.54) is 77.0 Å². The summed E-state index contributed by atoms with van der Waals surface area (Å²) in [5.74, 6) is 0. The molecule has 0 unspecified atom stereocenters. The summed E-state index contributed by atoms with van der Waals surface area (Å²) in [6.07, 6.45) is 17.1. The third kappa shape index (κ3) is 9.83. The Morgan fingerprint density at radius 2 is 1.08 bits per heavy atom. The number of halogens is 1. The van der Waals surface area contributed by atoms with E-state index >= 15 is 0 Å². The second kappa shape index (κ2) is 16.4. The van der Waals surface area contributed by atoms with Crippen molar-refractivity contribution >= 4 is 41.0 Å². The van der Waals surface area contributed by atoms with Gasteiger partial charge in [0.1, 0.15) is 0 Å². The first-order chi connectivity index (χ1) is 11.6. The van der Waals surface area contributed by atoms with Gasteiger partial charge in [0.15, 0.2) is 0 Å². The van der Waals surface area contributed by atoms with Crippen molar-refractivity contribution in [2.45, 2.75) is 125 Å². The quantitative estimate of drug-likeness (QED) is 0.101. The predicted octanol–water partition coefficient (Wildman–Crippen LogP) is 9.44. The Hall–Kier alpha value is 1.27. The number of allylic oxidation sites excluding steroid dienone is 2. The van der Waals surface area contributed by atoms with Crippen molar-refractivity contribution in [1.29, 1.82) is 0 Å². The van der Waals surface area contributed by atoms with Crippen LogP contribution in [0.25, 0.3) is 0 Å². The Morgan fingerprint density at radius 3 is 1.46 bits per heavy atom. The molecule has 0 aliphatic carbocycles. The molecule has 0 aromatic rings. The van der Waals surface area contributed by atoms with Crippen LogP contribution in [0.3, 0.4) is 0 Å². The fourth-order valence-corrected chi connectivity index (χ4v) is 25.8. The Balaban J connectivity index is 5.46. The van der Waals surface area contributed by atoms with E-state index in [9.17, 15) is 0 Å². The summed E-state index contributed by atoms with van der Waals surface area (Å²) in [6.45, 7) is 11.9. The van der Waals surface area contributed by atoms with Crippen molar-refractivity contribution in [2.24, 2.45) is 0 Å². The van der Waals surface area contributed by atoms with Crippen LogP contribution in [0.2, 0.25) is 13.3 Å². The Labute approximate surface area is 172 Å². The summed E-state index contributed by atoms with van der Waals surface area (Å²) < 4.78 is 8.78. The Kier molecular flexibility index (Phi) is 17.3. The standard InChI is InChI=1S/C10H18I.3C4H9.Sn/c1-3-5-6-7-8-9-10(11)4-2;3*1-3-4-2;/h3-8H2,1-2H3;3*1,3-4H2,2H3;. The molecule has 0 nitrogen and oxygen atoms in total. The first-order valence-corrected chi connectivity index (χ1v) is 19.6. The molecule has 144 valence electrons. The van der Waals surface area contributed by atoms with Gasteiger partial charge in [0.05, 0.1) is 0 Å². The van der Waals surface area contributed by atoms with Crippen LogP contribution < -0.4 is 0 Å². The molecule has 0 saturated heterocycles. The van der Waals surface area contributed by atoms with Gasteiger partial charge >= 0.3 is 173 Å². The summed E-state index contributed by atoms with van der Waals surface area (Å²) in [5, 5.41) is 0. The van der Waals surface area contributed by atoms with Crippen molar-refractivity contribution < 1.29 is 0 Å². The molecule has 0 radical (unpaired) electrons. The van der Waals surface area contributed by atoms with Crippen LogP contribution in [0.1, 0.15) is 112 Å². The molecular formula is C22H45ISn. The van der Waals surface area contributed by atoms with Crippen LogP contribution in [0, 0.1) is 0 Å². The Morgan fingerprint density at radius 1 is 0.625 bits per heavy atom. The van der Waals surface area contributed by atoms with Crippen LogP contribution in [-0.4, -0.2) is 18.4 Å². The molecule has 0 aliphatic heterocycles. The molecule has 0 N–H and O–H groups in total.